The van der Waals surface area contributed by atoms with Crippen LogP contribution in [0.15, 0.2) is 268 Å². The van der Waals surface area contributed by atoms with Crippen LogP contribution in [-0.2, 0) is 0 Å². The lowest BCUT2D eigenvalue weighted by atomic mass is 10.2. The zero-order valence-electron chi connectivity index (χ0n) is 55.0. The van der Waals surface area contributed by atoms with Gasteiger partial charge in [0.25, 0.3) is 0 Å². The minimum atomic E-state index is 0.704. The van der Waals surface area contributed by atoms with Crippen molar-refractivity contribution in [1.29, 1.82) is 0 Å². The Morgan fingerprint density at radius 3 is 0.500 bits per heavy atom. The normalized spacial score (nSPS) is 11.6. The second kappa shape index (κ2) is 39.6. The van der Waals surface area contributed by atoms with Gasteiger partial charge in [0.05, 0.1) is 34.1 Å². The van der Waals surface area contributed by atoms with Gasteiger partial charge in [0.2, 0.25) is 0 Å². The van der Waals surface area contributed by atoms with E-state index in [-0.39, 0.29) is 0 Å². The van der Waals surface area contributed by atoms with Gasteiger partial charge in [-0.2, -0.15) is 0 Å². The summed E-state index contributed by atoms with van der Waals surface area (Å²) in [6, 6.07) is 64.8. The molecule has 8 aromatic carbocycles. The van der Waals surface area contributed by atoms with Gasteiger partial charge in [-0.1, -0.05) is 106 Å². The van der Waals surface area contributed by atoms with Gasteiger partial charge in [0.15, 0.2) is 0 Å². The molecule has 22 nitrogen and oxygen atoms in total. The second-order valence-corrected chi connectivity index (χ2v) is 22.7. The molecule has 0 saturated heterocycles. The molecule has 0 amide bonds. The number of benzene rings is 8. The molecule has 0 spiro atoms. The standard InChI is InChI=1S/C72H88N18O4/c1-85(79-73-59-29-41-67(42-30-59)91-65-25-15-13-16-26-65)53-19-7-9-21-55-87(3)81-75-61-33-45-69(46-34-61)93-71-49-37-63(38-50-71)77-83-89(5)57-23-11-12-24-58-90(6)84-78-64-39-51-72(52-40-64)94-70-47-35-62(36-48-70)76-82-88(4)56-22-10-8-20-54-86(2)80-74-60-31-43-68(44-32-60)92-66-27-17-14-18-28-66/h13-18,25-52H,7-12,19-24,53-58H2,1-6H3. The lowest BCUT2D eigenvalue weighted by molar-refractivity contribution is 0.306. The maximum Gasteiger partial charge on any atom is 0.127 e. The predicted octanol–water partition coefficient (Wildman–Crippen LogP) is 21.2. The monoisotopic (exact) mass is 1270 g/mol. The van der Waals surface area contributed by atoms with Crippen LogP contribution in [0.1, 0.15) is 77.0 Å². The number of hydrogen-bond acceptors (Lipinski definition) is 16. The summed E-state index contributed by atoms with van der Waals surface area (Å²) >= 11 is 0. The first-order chi connectivity index (χ1) is 46.0. The molecule has 0 aliphatic rings. The lowest BCUT2D eigenvalue weighted by Crippen LogP contribution is -2.13. The molecule has 8 rings (SSSR count). The molecule has 0 saturated carbocycles. The lowest BCUT2D eigenvalue weighted by Gasteiger charge is -2.13. The molecule has 94 heavy (non-hydrogen) atoms. The summed E-state index contributed by atoms with van der Waals surface area (Å²) in [7, 11) is 11.7. The van der Waals surface area contributed by atoms with Crippen LogP contribution < -0.4 is 18.9 Å². The van der Waals surface area contributed by atoms with E-state index >= 15 is 0 Å². The van der Waals surface area contributed by atoms with Crippen LogP contribution in [0.5, 0.6) is 46.0 Å². The van der Waals surface area contributed by atoms with Crippen LogP contribution in [0, 0.1) is 0 Å². The summed E-state index contributed by atoms with van der Waals surface area (Å²) in [4.78, 5) is 0. The molecule has 0 atom stereocenters. The minimum Gasteiger partial charge on any atom is -0.457 e. The molecule has 0 aliphatic heterocycles. The van der Waals surface area contributed by atoms with Crippen LogP contribution in [0.4, 0.5) is 34.1 Å². The van der Waals surface area contributed by atoms with E-state index in [1.807, 2.05) is 279 Å². The third-order valence-corrected chi connectivity index (χ3v) is 14.5. The van der Waals surface area contributed by atoms with E-state index in [1.54, 1.807) is 0 Å². The van der Waals surface area contributed by atoms with Gasteiger partial charge in [-0.05, 0) is 208 Å². The molecule has 0 unspecified atom stereocenters. The molecule has 0 bridgehead atoms. The van der Waals surface area contributed by atoms with Gasteiger partial charge in [-0.15, -0.1) is 30.7 Å². The molecule has 0 N–H and O–H groups in total. The Kier molecular flexibility index (Phi) is 29.2. The van der Waals surface area contributed by atoms with Crippen molar-refractivity contribution in [3.8, 4) is 46.0 Å². The van der Waals surface area contributed by atoms with E-state index in [0.29, 0.717) is 23.0 Å². The Morgan fingerprint density at radius 2 is 0.340 bits per heavy atom. The zero-order valence-corrected chi connectivity index (χ0v) is 55.0. The minimum absolute atomic E-state index is 0.704. The first-order valence-electron chi connectivity index (χ1n) is 32.2. The van der Waals surface area contributed by atoms with Crippen LogP contribution in [-0.4, -0.2) is 112 Å². The zero-order chi connectivity index (χ0) is 65.6. The quantitative estimate of drug-likeness (QED) is 0.0201. The van der Waals surface area contributed by atoms with Crippen molar-refractivity contribution in [2.75, 3.05) is 81.6 Å². The third-order valence-electron chi connectivity index (χ3n) is 14.5. The fraction of sp³-hybridized carbons (Fsp3) is 0.333. The number of unbranched alkanes of at least 4 members (excludes halogenated alkanes) is 9. The Balaban J connectivity index is 0.601. The maximum absolute atomic E-state index is 6.08. The highest BCUT2D eigenvalue weighted by Crippen LogP contribution is 2.30. The first-order valence-corrected chi connectivity index (χ1v) is 32.2. The van der Waals surface area contributed by atoms with E-state index in [0.717, 1.165) is 173 Å². The van der Waals surface area contributed by atoms with E-state index in [2.05, 4.69) is 62.0 Å². The fourth-order valence-corrected chi connectivity index (χ4v) is 9.15. The average Bonchev–Trinajstić information content (AvgIpc) is 1.49. The summed E-state index contributed by atoms with van der Waals surface area (Å²) in [6.45, 7) is 4.93. The highest BCUT2D eigenvalue weighted by atomic mass is 16.5. The average molecular weight is 1270 g/mol. The van der Waals surface area contributed by atoms with Crippen molar-refractivity contribution in [3.63, 3.8) is 0 Å². The number of nitrogens with zero attached hydrogens (tertiary/aromatic N) is 18. The molecule has 0 aliphatic carbocycles. The smallest absolute Gasteiger partial charge is 0.127 e. The van der Waals surface area contributed by atoms with Crippen molar-refractivity contribution in [2.24, 2.45) is 62.0 Å². The Labute approximate surface area is 553 Å². The van der Waals surface area contributed by atoms with Crippen molar-refractivity contribution in [2.45, 2.75) is 77.0 Å². The number of ether oxygens (including phenoxy) is 4. The fourth-order valence-electron chi connectivity index (χ4n) is 9.15. The van der Waals surface area contributed by atoms with E-state index in [1.165, 1.54) is 0 Å². The van der Waals surface area contributed by atoms with Crippen molar-refractivity contribution in [1.82, 2.24) is 30.1 Å². The molecular formula is C72H88N18O4. The van der Waals surface area contributed by atoms with Gasteiger partial charge in [0.1, 0.15) is 46.0 Å². The highest BCUT2D eigenvalue weighted by molar-refractivity contribution is 5.47. The third kappa shape index (κ3) is 27.4. The summed E-state index contributed by atoms with van der Waals surface area (Å²) in [5.74, 6) is 5.94. The number of para-hydroxylation sites is 2. The Hall–Kier alpha value is -10.6. The Morgan fingerprint density at radius 1 is 0.191 bits per heavy atom. The number of hydrogen-bond donors (Lipinski definition) is 0. The van der Waals surface area contributed by atoms with Crippen LogP contribution >= 0.6 is 0 Å². The molecular weight excluding hydrogens is 1180 g/mol. The largest absolute Gasteiger partial charge is 0.457 e. The van der Waals surface area contributed by atoms with Crippen LogP contribution in [0.3, 0.4) is 0 Å². The predicted molar refractivity (Wildman–Crippen MR) is 370 cm³/mol. The summed E-state index contributed by atoms with van der Waals surface area (Å²) in [5.41, 5.74) is 4.55. The van der Waals surface area contributed by atoms with Crippen LogP contribution in [0.25, 0.3) is 0 Å². The van der Waals surface area contributed by atoms with E-state index < -0.39 is 0 Å². The van der Waals surface area contributed by atoms with E-state index in [4.69, 9.17) is 18.9 Å². The molecule has 490 valence electrons. The van der Waals surface area contributed by atoms with E-state index in [9.17, 15) is 0 Å². The first kappa shape index (κ1) is 69.3. The molecule has 0 radical (unpaired) electrons. The van der Waals surface area contributed by atoms with Gasteiger partial charge in [0, 0.05) is 81.6 Å². The van der Waals surface area contributed by atoms with Gasteiger partial charge >= 0.3 is 0 Å². The highest BCUT2D eigenvalue weighted by Gasteiger charge is 2.07. The maximum atomic E-state index is 6.08. The SMILES string of the molecule is CN(CCCCCCN(C)N=Nc1ccc(Oc2ccc(N=NN(C)CCCCCCN(C)N=Nc3ccc(Oc4ccc(N=NN(C)CCCCCCN(C)N=Nc5ccc(Oc6ccccc6)cc5)cc4)cc3)cc2)cc1)N=Nc1ccc(Oc2ccccc2)cc1. The topological polar surface area (TPSA) is 205 Å². The van der Waals surface area contributed by atoms with Crippen molar-refractivity contribution >= 4 is 34.1 Å². The van der Waals surface area contributed by atoms with Gasteiger partial charge in [-0.25, -0.2) is 0 Å². The molecule has 0 aromatic heterocycles. The van der Waals surface area contributed by atoms with Gasteiger partial charge < -0.3 is 18.9 Å². The number of rotatable bonds is 41. The summed E-state index contributed by atoms with van der Waals surface area (Å²) in [6.07, 6.45) is 12.6. The van der Waals surface area contributed by atoms with Crippen LogP contribution in [0.2, 0.25) is 0 Å². The van der Waals surface area contributed by atoms with Crippen molar-refractivity contribution < 1.29 is 18.9 Å². The van der Waals surface area contributed by atoms with Gasteiger partial charge in [-0.3, -0.25) is 30.1 Å². The second-order valence-electron chi connectivity index (χ2n) is 22.7. The molecule has 22 heteroatoms. The molecule has 0 fully saturated rings. The summed E-state index contributed by atoms with van der Waals surface area (Å²) in [5, 5.41) is 63.9. The molecule has 0 heterocycles. The van der Waals surface area contributed by atoms with Crippen molar-refractivity contribution in [3.05, 3.63) is 206 Å². The Bertz CT molecular complexity index is 3330. The molecule has 8 aromatic rings. The summed E-state index contributed by atoms with van der Waals surface area (Å²) < 4.78 is 23.9.